The number of hydrogen-bond donors (Lipinski definition) is 0. The van der Waals surface area contributed by atoms with Crippen LogP contribution >= 0.6 is 0 Å². The molecular weight excluding hydrogens is 635 g/mol. The highest BCUT2D eigenvalue weighted by Gasteiger charge is 2.20. The third-order valence-electron chi connectivity index (χ3n) is 10.9. The number of aromatic nitrogens is 5. The standard InChI is InChI=1S/C47H27N5/c1-2-12-32-30(10-1)31-11-3-6-15-35(31)39-26-28(19-21-36(32)39)29-20-23-42-43(27-29)51-41-18-8-7-17-40(41)49-47(51)52(42)44-24-22-38-34-14-5-4-13-33(34)37-16-9-25-48-45(37)46(38)50-44/h1-27H. The van der Waals surface area contributed by atoms with Gasteiger partial charge in [-0.05, 0) is 103 Å². The predicted octanol–water partition coefficient (Wildman–Crippen LogP) is 11.8. The fourth-order valence-corrected chi connectivity index (χ4v) is 8.63. The molecule has 52 heavy (non-hydrogen) atoms. The van der Waals surface area contributed by atoms with Gasteiger partial charge in [-0.25, -0.2) is 9.97 Å². The lowest BCUT2D eigenvalue weighted by Crippen LogP contribution is -1.99. The zero-order chi connectivity index (χ0) is 33.9. The number of para-hydroxylation sites is 2. The van der Waals surface area contributed by atoms with Crippen molar-refractivity contribution in [1.82, 2.24) is 23.9 Å². The monoisotopic (exact) mass is 661 g/mol. The summed E-state index contributed by atoms with van der Waals surface area (Å²) in [5, 5.41) is 12.2. The minimum atomic E-state index is 0.807. The van der Waals surface area contributed by atoms with Gasteiger partial charge in [0.25, 0.3) is 0 Å². The smallest absolute Gasteiger partial charge is 0.221 e. The van der Waals surface area contributed by atoms with Crippen molar-refractivity contribution < 1.29 is 0 Å². The van der Waals surface area contributed by atoms with Crippen molar-refractivity contribution in [3.63, 3.8) is 0 Å². The molecule has 0 N–H and O–H groups in total. The van der Waals surface area contributed by atoms with Crippen molar-refractivity contribution in [2.45, 2.75) is 0 Å². The van der Waals surface area contributed by atoms with Gasteiger partial charge in [-0.3, -0.25) is 14.0 Å². The maximum Gasteiger partial charge on any atom is 0.221 e. The molecule has 0 spiro atoms. The van der Waals surface area contributed by atoms with E-state index in [0.717, 1.165) is 61.0 Å². The molecule has 4 aromatic heterocycles. The predicted molar refractivity (Wildman–Crippen MR) is 216 cm³/mol. The fraction of sp³-hybridized carbons (Fsp3) is 0. The van der Waals surface area contributed by atoms with Gasteiger partial charge in [-0.15, -0.1) is 0 Å². The molecule has 12 aromatic rings. The van der Waals surface area contributed by atoms with Gasteiger partial charge in [0.1, 0.15) is 5.82 Å². The van der Waals surface area contributed by atoms with Gasteiger partial charge in [0, 0.05) is 17.0 Å². The molecule has 12 rings (SSSR count). The molecule has 0 saturated heterocycles. The molecule has 0 aliphatic carbocycles. The lowest BCUT2D eigenvalue weighted by molar-refractivity contribution is 1.06. The molecule has 0 aliphatic rings. The zero-order valence-corrected chi connectivity index (χ0v) is 27.8. The Balaban J connectivity index is 1.13. The molecule has 5 nitrogen and oxygen atoms in total. The van der Waals surface area contributed by atoms with Crippen LogP contribution in [-0.4, -0.2) is 23.9 Å². The fourth-order valence-electron chi connectivity index (χ4n) is 8.63. The van der Waals surface area contributed by atoms with Gasteiger partial charge in [0.05, 0.1) is 33.1 Å². The number of nitrogens with zero attached hydrogens (tertiary/aromatic N) is 5. The largest absolute Gasteiger partial charge is 0.276 e. The van der Waals surface area contributed by atoms with Gasteiger partial charge in [0.2, 0.25) is 5.78 Å². The molecule has 0 fully saturated rings. The van der Waals surface area contributed by atoms with E-state index in [1.807, 2.05) is 18.3 Å². The number of hydrogen-bond acceptors (Lipinski definition) is 3. The van der Waals surface area contributed by atoms with E-state index >= 15 is 0 Å². The second kappa shape index (κ2) is 10.2. The summed E-state index contributed by atoms with van der Waals surface area (Å²) in [4.78, 5) is 15.4. The van der Waals surface area contributed by atoms with Crippen LogP contribution in [0.1, 0.15) is 0 Å². The number of imidazole rings is 2. The van der Waals surface area contributed by atoms with Crippen LogP contribution in [0.25, 0.3) is 110 Å². The van der Waals surface area contributed by atoms with Gasteiger partial charge >= 0.3 is 0 Å². The van der Waals surface area contributed by atoms with E-state index in [-0.39, 0.29) is 0 Å². The third kappa shape index (κ3) is 3.69. The quantitative estimate of drug-likeness (QED) is 0.173. The summed E-state index contributed by atoms with van der Waals surface area (Å²) < 4.78 is 4.48. The molecule has 0 radical (unpaired) electrons. The summed E-state index contributed by atoms with van der Waals surface area (Å²) in [5.41, 5.74) is 8.24. The second-order valence-electron chi connectivity index (χ2n) is 13.6. The molecule has 0 unspecified atom stereocenters. The first-order valence-corrected chi connectivity index (χ1v) is 17.6. The Labute approximate surface area is 296 Å². The van der Waals surface area contributed by atoms with Gasteiger partial charge in [0.15, 0.2) is 0 Å². The number of fused-ring (bicyclic) bond motifs is 17. The van der Waals surface area contributed by atoms with Crippen molar-refractivity contribution in [3.8, 4) is 16.9 Å². The highest BCUT2D eigenvalue weighted by Crippen LogP contribution is 2.39. The van der Waals surface area contributed by atoms with Crippen LogP contribution in [0, 0.1) is 0 Å². The molecule has 0 atom stereocenters. The van der Waals surface area contributed by atoms with E-state index in [1.165, 1.54) is 48.7 Å². The summed E-state index contributed by atoms with van der Waals surface area (Å²) in [6.45, 7) is 0. The molecular formula is C47H27N5. The lowest BCUT2D eigenvalue weighted by Gasteiger charge is -2.12. The molecule has 0 aliphatic heterocycles. The van der Waals surface area contributed by atoms with Crippen LogP contribution in [0.3, 0.4) is 0 Å². The third-order valence-corrected chi connectivity index (χ3v) is 10.9. The number of pyridine rings is 2. The van der Waals surface area contributed by atoms with Crippen molar-refractivity contribution in [1.29, 1.82) is 0 Å². The Kier molecular flexibility index (Phi) is 5.44. The highest BCUT2D eigenvalue weighted by atomic mass is 15.2. The van der Waals surface area contributed by atoms with Crippen molar-refractivity contribution in [3.05, 3.63) is 164 Å². The molecule has 0 saturated carbocycles. The average molecular weight is 662 g/mol. The van der Waals surface area contributed by atoms with E-state index in [0.29, 0.717) is 0 Å². The Morgan fingerprint density at radius 2 is 0.923 bits per heavy atom. The summed E-state index contributed by atoms with van der Waals surface area (Å²) in [6.07, 6.45) is 1.86. The van der Waals surface area contributed by atoms with E-state index in [9.17, 15) is 0 Å². The summed E-state index contributed by atoms with van der Waals surface area (Å²) in [6, 6.07) is 56.5. The first kappa shape index (κ1) is 27.7. The van der Waals surface area contributed by atoms with Crippen LogP contribution in [0.2, 0.25) is 0 Å². The molecule has 240 valence electrons. The maximum atomic E-state index is 5.38. The lowest BCUT2D eigenvalue weighted by atomic mass is 9.92. The van der Waals surface area contributed by atoms with Crippen molar-refractivity contribution in [2.75, 3.05) is 0 Å². The van der Waals surface area contributed by atoms with E-state index in [2.05, 4.69) is 155 Å². The van der Waals surface area contributed by atoms with Gasteiger partial charge < -0.3 is 0 Å². The van der Waals surface area contributed by atoms with E-state index in [1.54, 1.807) is 0 Å². The van der Waals surface area contributed by atoms with Crippen LogP contribution < -0.4 is 0 Å². The van der Waals surface area contributed by atoms with Crippen LogP contribution in [0.15, 0.2) is 164 Å². The van der Waals surface area contributed by atoms with Crippen LogP contribution in [-0.2, 0) is 0 Å². The first-order chi connectivity index (χ1) is 25.8. The minimum Gasteiger partial charge on any atom is -0.276 e. The van der Waals surface area contributed by atoms with Gasteiger partial charge in [-0.2, -0.15) is 0 Å². The van der Waals surface area contributed by atoms with E-state index < -0.39 is 0 Å². The molecule has 5 heteroatoms. The maximum absolute atomic E-state index is 5.38. The second-order valence-corrected chi connectivity index (χ2v) is 13.6. The van der Waals surface area contributed by atoms with Gasteiger partial charge in [-0.1, -0.05) is 109 Å². The number of rotatable bonds is 2. The summed E-state index contributed by atoms with van der Waals surface area (Å²) in [7, 11) is 0. The van der Waals surface area contributed by atoms with Crippen molar-refractivity contribution in [2.24, 2.45) is 0 Å². The molecule has 0 bridgehead atoms. The molecule has 4 heterocycles. The Bertz CT molecular complexity index is 3410. The Hall–Kier alpha value is -7.11. The Morgan fingerprint density at radius 3 is 1.67 bits per heavy atom. The van der Waals surface area contributed by atoms with E-state index in [4.69, 9.17) is 15.0 Å². The topological polar surface area (TPSA) is 48.0 Å². The SMILES string of the molecule is c1ccc2c(c1)nc1n(-c3ccc4c5ccccc5c5cccnc5c4n3)c3ccc(-c4ccc5c6ccccc6c6ccccc6c5c4)cc3n21. The first-order valence-electron chi connectivity index (χ1n) is 17.6. The van der Waals surface area contributed by atoms with Crippen LogP contribution in [0.4, 0.5) is 0 Å². The van der Waals surface area contributed by atoms with Crippen LogP contribution in [0.5, 0.6) is 0 Å². The number of benzene rings is 8. The average Bonchev–Trinajstić information content (AvgIpc) is 3.75. The Morgan fingerprint density at radius 1 is 0.365 bits per heavy atom. The zero-order valence-electron chi connectivity index (χ0n) is 27.8. The summed E-state index contributed by atoms with van der Waals surface area (Å²) >= 11 is 0. The molecule has 0 amide bonds. The highest BCUT2D eigenvalue weighted by molar-refractivity contribution is 6.26. The minimum absolute atomic E-state index is 0.807. The summed E-state index contributed by atoms with van der Waals surface area (Å²) in [5.74, 6) is 1.64. The molecule has 8 aromatic carbocycles. The van der Waals surface area contributed by atoms with Crippen molar-refractivity contribution >= 4 is 92.7 Å². The normalized spacial score (nSPS) is 12.2.